The van der Waals surface area contributed by atoms with Crippen LogP contribution in [0.3, 0.4) is 0 Å². The van der Waals surface area contributed by atoms with Crippen molar-refractivity contribution in [1.82, 2.24) is 4.98 Å². The lowest BCUT2D eigenvalue weighted by Crippen LogP contribution is -2.00. The molecule has 2 aromatic carbocycles. The predicted octanol–water partition coefficient (Wildman–Crippen LogP) is 4.45. The van der Waals surface area contributed by atoms with E-state index in [4.69, 9.17) is 16.3 Å². The molecule has 0 saturated heterocycles. The first-order valence-corrected chi connectivity index (χ1v) is 7.11. The van der Waals surface area contributed by atoms with Crippen LogP contribution in [0.2, 0.25) is 5.02 Å². The summed E-state index contributed by atoms with van der Waals surface area (Å²) in [4.78, 5) is 15.7. The van der Waals surface area contributed by atoms with Crippen LogP contribution in [0.25, 0.3) is 10.9 Å². The fraction of sp³-hybridized carbons (Fsp3) is 0.118. The van der Waals surface area contributed by atoms with Crippen LogP contribution in [-0.4, -0.2) is 17.4 Å². The van der Waals surface area contributed by atoms with Crippen molar-refractivity contribution >= 4 is 28.3 Å². The third-order valence-electron chi connectivity index (χ3n) is 3.32. The Hall–Kier alpha value is -2.26. The van der Waals surface area contributed by atoms with E-state index in [2.05, 4.69) is 4.98 Å². The van der Waals surface area contributed by atoms with Crippen molar-refractivity contribution in [3.8, 4) is 5.75 Å². The first-order chi connectivity index (χ1) is 10.2. The Balaban J connectivity index is 2.04. The summed E-state index contributed by atoms with van der Waals surface area (Å²) in [7, 11) is 0. The zero-order valence-corrected chi connectivity index (χ0v) is 12.3. The Morgan fingerprint density at radius 2 is 1.95 bits per heavy atom. The topological polar surface area (TPSA) is 42.1 Å². The summed E-state index contributed by atoms with van der Waals surface area (Å²) >= 11 is 5.86. The molecular formula is C17H14ClNO2. The van der Waals surface area contributed by atoms with Gasteiger partial charge in [-0.25, -0.2) is 0 Å². The van der Waals surface area contributed by atoms with Crippen LogP contribution in [0.5, 0.6) is 5.75 Å². The number of aromatic amines is 1. The Bertz CT molecular complexity index is 790. The molecule has 1 N–H and O–H groups in total. The molecule has 3 aromatic rings. The van der Waals surface area contributed by atoms with E-state index >= 15 is 0 Å². The van der Waals surface area contributed by atoms with E-state index in [1.54, 1.807) is 30.5 Å². The summed E-state index contributed by atoms with van der Waals surface area (Å²) in [6.07, 6.45) is 1.73. The van der Waals surface area contributed by atoms with E-state index in [0.717, 1.165) is 16.7 Å². The van der Waals surface area contributed by atoms with Gasteiger partial charge in [-0.2, -0.15) is 0 Å². The maximum atomic E-state index is 12.6. The Labute approximate surface area is 127 Å². The summed E-state index contributed by atoms with van der Waals surface area (Å²) in [5.74, 6) is 0.723. The third-order valence-corrected chi connectivity index (χ3v) is 3.57. The highest BCUT2D eigenvalue weighted by Gasteiger charge is 2.14. The molecule has 0 atom stereocenters. The Morgan fingerprint density at radius 3 is 2.67 bits per heavy atom. The van der Waals surface area contributed by atoms with Gasteiger partial charge in [-0.15, -0.1) is 0 Å². The van der Waals surface area contributed by atoms with E-state index in [0.29, 0.717) is 22.8 Å². The van der Waals surface area contributed by atoms with Gasteiger partial charge in [-0.1, -0.05) is 11.6 Å². The second kappa shape index (κ2) is 5.62. The van der Waals surface area contributed by atoms with E-state index in [1.807, 2.05) is 25.1 Å². The molecule has 4 heteroatoms. The van der Waals surface area contributed by atoms with Gasteiger partial charge >= 0.3 is 0 Å². The molecule has 1 heterocycles. The number of hydrogen-bond donors (Lipinski definition) is 1. The second-order valence-corrected chi connectivity index (χ2v) is 5.12. The third kappa shape index (κ3) is 2.65. The number of nitrogens with one attached hydrogen (secondary N) is 1. The molecule has 0 aliphatic rings. The highest BCUT2D eigenvalue weighted by atomic mass is 35.5. The molecule has 0 unspecified atom stereocenters. The van der Waals surface area contributed by atoms with Gasteiger partial charge in [0.1, 0.15) is 5.75 Å². The van der Waals surface area contributed by atoms with Crippen LogP contribution in [0.1, 0.15) is 22.8 Å². The highest BCUT2D eigenvalue weighted by molar-refractivity contribution is 6.30. The van der Waals surface area contributed by atoms with Gasteiger partial charge in [-0.3, -0.25) is 4.79 Å². The summed E-state index contributed by atoms with van der Waals surface area (Å²) in [6.45, 7) is 2.53. The molecule has 3 nitrogen and oxygen atoms in total. The van der Waals surface area contributed by atoms with Gasteiger partial charge in [-0.05, 0) is 49.4 Å². The number of H-pyrrole nitrogens is 1. The average Bonchev–Trinajstić information content (AvgIpc) is 2.91. The number of benzene rings is 2. The molecule has 0 radical (unpaired) electrons. The number of fused-ring (bicyclic) bond motifs is 1. The van der Waals surface area contributed by atoms with Gasteiger partial charge in [0, 0.05) is 33.2 Å². The first-order valence-electron chi connectivity index (χ1n) is 6.73. The van der Waals surface area contributed by atoms with Crippen molar-refractivity contribution < 1.29 is 9.53 Å². The maximum absolute atomic E-state index is 12.6. The number of carbonyl (C=O) groups is 1. The zero-order valence-electron chi connectivity index (χ0n) is 11.5. The Morgan fingerprint density at radius 1 is 1.19 bits per heavy atom. The Kier molecular flexibility index (Phi) is 3.67. The normalized spacial score (nSPS) is 10.8. The monoisotopic (exact) mass is 299 g/mol. The van der Waals surface area contributed by atoms with E-state index in [1.165, 1.54) is 0 Å². The van der Waals surface area contributed by atoms with Gasteiger partial charge in [0.25, 0.3) is 0 Å². The number of carbonyl (C=O) groups excluding carboxylic acids is 1. The maximum Gasteiger partial charge on any atom is 0.195 e. The minimum Gasteiger partial charge on any atom is -0.494 e. The minimum atomic E-state index is -0.0356. The molecule has 0 bridgehead atoms. The summed E-state index contributed by atoms with van der Waals surface area (Å²) in [6, 6.07) is 12.6. The van der Waals surface area contributed by atoms with E-state index in [-0.39, 0.29) is 5.78 Å². The van der Waals surface area contributed by atoms with Gasteiger partial charge in [0.05, 0.1) is 6.61 Å². The molecule has 0 saturated carbocycles. The summed E-state index contributed by atoms with van der Waals surface area (Å²) in [5, 5.41) is 1.48. The molecule has 0 amide bonds. The lowest BCUT2D eigenvalue weighted by molar-refractivity contribution is 0.104. The lowest BCUT2D eigenvalue weighted by Gasteiger charge is -2.04. The van der Waals surface area contributed by atoms with Crippen molar-refractivity contribution in [3.05, 3.63) is 64.8 Å². The van der Waals surface area contributed by atoms with Crippen LogP contribution >= 0.6 is 11.6 Å². The molecule has 0 aliphatic heterocycles. The molecule has 106 valence electrons. The molecule has 0 spiro atoms. The van der Waals surface area contributed by atoms with Gasteiger partial charge in [0.15, 0.2) is 5.78 Å². The molecule has 3 rings (SSSR count). The van der Waals surface area contributed by atoms with Crippen molar-refractivity contribution in [1.29, 1.82) is 0 Å². The van der Waals surface area contributed by atoms with Crippen LogP contribution in [-0.2, 0) is 0 Å². The molecule has 21 heavy (non-hydrogen) atoms. The molecule has 1 aromatic heterocycles. The van der Waals surface area contributed by atoms with Gasteiger partial charge in [0.2, 0.25) is 0 Å². The van der Waals surface area contributed by atoms with Crippen LogP contribution in [0.15, 0.2) is 48.7 Å². The van der Waals surface area contributed by atoms with Crippen molar-refractivity contribution in [3.63, 3.8) is 0 Å². The molecule has 0 fully saturated rings. The number of ketones is 1. The fourth-order valence-electron chi connectivity index (χ4n) is 2.30. The summed E-state index contributed by atoms with van der Waals surface area (Å²) in [5.41, 5.74) is 2.16. The van der Waals surface area contributed by atoms with Crippen LogP contribution < -0.4 is 4.74 Å². The van der Waals surface area contributed by atoms with Crippen molar-refractivity contribution in [2.75, 3.05) is 6.61 Å². The number of hydrogen-bond acceptors (Lipinski definition) is 2. The van der Waals surface area contributed by atoms with Crippen LogP contribution in [0.4, 0.5) is 0 Å². The SMILES string of the molecule is CCOc1ccc2[nH]cc(C(=O)c3ccc(Cl)cc3)c2c1. The van der Waals surface area contributed by atoms with Gasteiger partial charge < -0.3 is 9.72 Å². The second-order valence-electron chi connectivity index (χ2n) is 4.68. The fourth-order valence-corrected chi connectivity index (χ4v) is 2.43. The van der Waals surface area contributed by atoms with E-state index < -0.39 is 0 Å². The van der Waals surface area contributed by atoms with Crippen LogP contribution in [0, 0.1) is 0 Å². The summed E-state index contributed by atoms with van der Waals surface area (Å²) < 4.78 is 5.50. The highest BCUT2D eigenvalue weighted by Crippen LogP contribution is 2.26. The quantitative estimate of drug-likeness (QED) is 0.723. The van der Waals surface area contributed by atoms with Crippen molar-refractivity contribution in [2.45, 2.75) is 6.92 Å². The number of rotatable bonds is 4. The van der Waals surface area contributed by atoms with Crippen molar-refractivity contribution in [2.24, 2.45) is 0 Å². The lowest BCUT2D eigenvalue weighted by atomic mass is 10.0. The minimum absolute atomic E-state index is 0.0356. The standard InChI is InChI=1S/C17H14ClNO2/c1-2-21-13-7-8-16-14(9-13)15(10-19-16)17(20)11-3-5-12(18)6-4-11/h3-10,19H,2H2,1H3. The number of halogens is 1. The predicted molar refractivity (Wildman–Crippen MR) is 84.4 cm³/mol. The van der Waals surface area contributed by atoms with E-state index in [9.17, 15) is 4.79 Å². The average molecular weight is 300 g/mol. The molecule has 0 aliphatic carbocycles. The first kappa shape index (κ1) is 13.7. The number of ether oxygens (including phenoxy) is 1. The zero-order chi connectivity index (χ0) is 14.8. The smallest absolute Gasteiger partial charge is 0.195 e. The number of aromatic nitrogens is 1. The molecular weight excluding hydrogens is 286 g/mol. The largest absolute Gasteiger partial charge is 0.494 e.